The molecule has 0 fully saturated rings. The molecule has 0 radical (unpaired) electrons. The first-order valence-electron chi connectivity index (χ1n) is 4.59. The fraction of sp³-hybridized carbons (Fsp3) is 0.333. The third-order valence-electron chi connectivity index (χ3n) is 2.06. The molecule has 0 spiro atoms. The molecule has 0 bridgehead atoms. The number of hydrogen-bond acceptors (Lipinski definition) is 4. The Morgan fingerprint density at radius 2 is 2.06 bits per heavy atom. The van der Waals surface area contributed by atoms with Crippen LogP contribution in [0.1, 0.15) is 5.56 Å². The molecular formula is C9H14BrN3O2S. The van der Waals surface area contributed by atoms with Crippen molar-refractivity contribution in [2.75, 3.05) is 23.3 Å². The van der Waals surface area contributed by atoms with Crippen LogP contribution in [-0.4, -0.2) is 20.7 Å². The summed E-state index contributed by atoms with van der Waals surface area (Å²) in [6.45, 7) is 2.15. The lowest BCUT2D eigenvalue weighted by molar-refractivity contribution is 0.598. The summed E-state index contributed by atoms with van der Waals surface area (Å²) in [6, 6.07) is 3.62. The first-order valence-corrected chi connectivity index (χ1v) is 7.10. The van der Waals surface area contributed by atoms with Crippen molar-refractivity contribution in [3.05, 3.63) is 22.2 Å². The van der Waals surface area contributed by atoms with Crippen LogP contribution in [0.2, 0.25) is 0 Å². The van der Waals surface area contributed by atoms with Gasteiger partial charge >= 0.3 is 0 Å². The van der Waals surface area contributed by atoms with Crippen LogP contribution in [0.15, 0.2) is 16.6 Å². The molecule has 1 rings (SSSR count). The van der Waals surface area contributed by atoms with Gasteiger partial charge in [0.05, 0.1) is 5.75 Å². The molecule has 5 N–H and O–H groups in total. The van der Waals surface area contributed by atoms with Crippen LogP contribution in [0.25, 0.3) is 0 Å². The smallest absolute Gasteiger partial charge is 0.210 e. The van der Waals surface area contributed by atoms with Crippen LogP contribution < -0.4 is 16.2 Å². The highest BCUT2D eigenvalue weighted by molar-refractivity contribution is 9.10. The van der Waals surface area contributed by atoms with Gasteiger partial charge in [0.2, 0.25) is 10.0 Å². The molecule has 16 heavy (non-hydrogen) atoms. The van der Waals surface area contributed by atoms with Crippen LogP contribution in [-0.2, 0) is 10.0 Å². The Morgan fingerprint density at radius 1 is 1.44 bits per heavy atom. The second-order valence-electron chi connectivity index (χ2n) is 3.48. The van der Waals surface area contributed by atoms with Gasteiger partial charge in [0.15, 0.2) is 0 Å². The number of benzene rings is 1. The first-order chi connectivity index (χ1) is 7.29. The molecule has 0 atom stereocenters. The van der Waals surface area contributed by atoms with Crippen molar-refractivity contribution < 1.29 is 8.42 Å². The zero-order valence-corrected chi connectivity index (χ0v) is 11.2. The van der Waals surface area contributed by atoms with E-state index in [9.17, 15) is 8.42 Å². The fourth-order valence-electron chi connectivity index (χ4n) is 1.16. The van der Waals surface area contributed by atoms with Crippen molar-refractivity contribution in [3.8, 4) is 0 Å². The zero-order valence-electron chi connectivity index (χ0n) is 8.83. The van der Waals surface area contributed by atoms with Gasteiger partial charge in [-0.15, -0.1) is 0 Å². The molecule has 0 aliphatic rings. The minimum absolute atomic E-state index is 0.108. The third-order valence-corrected chi connectivity index (χ3v) is 3.49. The van der Waals surface area contributed by atoms with Gasteiger partial charge in [0, 0.05) is 22.4 Å². The van der Waals surface area contributed by atoms with Gasteiger partial charge in [0.25, 0.3) is 0 Å². The third kappa shape index (κ3) is 3.99. The second-order valence-corrected chi connectivity index (χ2v) is 6.07. The summed E-state index contributed by atoms with van der Waals surface area (Å²) in [5.41, 5.74) is 8.13. The van der Waals surface area contributed by atoms with Crippen LogP contribution in [0.4, 0.5) is 11.4 Å². The van der Waals surface area contributed by atoms with Crippen molar-refractivity contribution in [2.24, 2.45) is 5.14 Å². The number of hydrogen-bond donors (Lipinski definition) is 3. The lowest BCUT2D eigenvalue weighted by Gasteiger charge is -2.10. The first kappa shape index (κ1) is 13.3. The molecule has 0 saturated carbocycles. The van der Waals surface area contributed by atoms with Gasteiger partial charge in [-0.25, -0.2) is 13.6 Å². The fourth-order valence-corrected chi connectivity index (χ4v) is 2.05. The number of aryl methyl sites for hydroxylation is 1. The van der Waals surface area contributed by atoms with E-state index in [1.54, 1.807) is 6.07 Å². The molecule has 1 aromatic carbocycles. The number of halogens is 1. The summed E-state index contributed by atoms with van der Waals surface area (Å²) in [6.07, 6.45) is 0. The lowest BCUT2D eigenvalue weighted by atomic mass is 10.2. The van der Waals surface area contributed by atoms with E-state index in [0.717, 1.165) is 15.7 Å². The number of anilines is 2. The molecule has 5 nitrogen and oxygen atoms in total. The van der Waals surface area contributed by atoms with E-state index in [0.29, 0.717) is 5.69 Å². The minimum atomic E-state index is -3.43. The Hall–Kier alpha value is -0.790. The zero-order chi connectivity index (χ0) is 12.3. The second kappa shape index (κ2) is 5.03. The maximum Gasteiger partial charge on any atom is 0.210 e. The molecule has 1 aromatic rings. The highest BCUT2D eigenvalue weighted by Gasteiger charge is 2.05. The van der Waals surface area contributed by atoms with Gasteiger partial charge in [-0.1, -0.05) is 0 Å². The molecule has 0 aliphatic heterocycles. The Bertz CT molecular complexity index is 488. The topological polar surface area (TPSA) is 98.2 Å². The Morgan fingerprint density at radius 3 is 2.62 bits per heavy atom. The predicted octanol–water partition coefficient (Wildman–Crippen LogP) is 1.04. The number of nitrogens with one attached hydrogen (secondary N) is 1. The number of nitrogen functional groups attached to an aromatic ring is 1. The maximum atomic E-state index is 10.7. The summed E-state index contributed by atoms with van der Waals surface area (Å²) >= 11 is 3.34. The van der Waals surface area contributed by atoms with Crippen molar-refractivity contribution >= 4 is 37.3 Å². The van der Waals surface area contributed by atoms with E-state index in [4.69, 9.17) is 10.9 Å². The highest BCUT2D eigenvalue weighted by atomic mass is 79.9. The van der Waals surface area contributed by atoms with Crippen LogP contribution in [0.5, 0.6) is 0 Å². The van der Waals surface area contributed by atoms with Gasteiger partial charge in [0.1, 0.15) is 0 Å². The van der Waals surface area contributed by atoms with E-state index in [1.807, 2.05) is 13.0 Å². The van der Waals surface area contributed by atoms with E-state index in [-0.39, 0.29) is 12.3 Å². The number of sulfonamides is 1. The average Bonchev–Trinajstić information content (AvgIpc) is 2.11. The lowest BCUT2D eigenvalue weighted by Crippen LogP contribution is -2.22. The molecular weight excluding hydrogens is 294 g/mol. The Balaban J connectivity index is 2.71. The maximum absolute atomic E-state index is 10.7. The Labute approximate surface area is 103 Å². The van der Waals surface area contributed by atoms with Gasteiger partial charge in [-0.3, -0.25) is 0 Å². The summed E-state index contributed by atoms with van der Waals surface area (Å²) < 4.78 is 22.3. The number of nitrogens with two attached hydrogens (primary N) is 2. The van der Waals surface area contributed by atoms with Crippen molar-refractivity contribution in [1.29, 1.82) is 0 Å². The largest absolute Gasteiger partial charge is 0.398 e. The molecule has 0 heterocycles. The monoisotopic (exact) mass is 307 g/mol. The van der Waals surface area contributed by atoms with Gasteiger partial charge in [-0.05, 0) is 40.5 Å². The average molecular weight is 308 g/mol. The molecule has 0 unspecified atom stereocenters. The van der Waals surface area contributed by atoms with Gasteiger partial charge in [-0.2, -0.15) is 0 Å². The van der Waals surface area contributed by atoms with Crippen LogP contribution in [0.3, 0.4) is 0 Å². The van der Waals surface area contributed by atoms with Gasteiger partial charge < -0.3 is 11.1 Å². The standard InChI is InChI=1S/C9H14BrN3O2S/c1-6-4-9(7(10)5-8(6)11)13-2-3-16(12,14)15/h4-5,13H,2-3,11H2,1H3,(H2,12,14,15). The quantitative estimate of drug-likeness (QED) is 0.724. The van der Waals surface area contributed by atoms with Crippen LogP contribution >= 0.6 is 15.9 Å². The molecule has 0 aliphatic carbocycles. The summed E-state index contributed by atoms with van der Waals surface area (Å²) in [4.78, 5) is 0. The predicted molar refractivity (Wildman–Crippen MR) is 69.8 cm³/mol. The van der Waals surface area contributed by atoms with Crippen molar-refractivity contribution in [2.45, 2.75) is 6.92 Å². The summed E-state index contributed by atoms with van der Waals surface area (Å²) in [5.74, 6) is -0.108. The molecule has 0 saturated heterocycles. The SMILES string of the molecule is Cc1cc(NCCS(N)(=O)=O)c(Br)cc1N. The molecule has 0 amide bonds. The minimum Gasteiger partial charge on any atom is -0.398 e. The van der Waals surface area contributed by atoms with E-state index in [2.05, 4.69) is 21.2 Å². The normalized spacial score (nSPS) is 11.4. The molecule has 90 valence electrons. The van der Waals surface area contributed by atoms with Crippen LogP contribution in [0, 0.1) is 6.92 Å². The van der Waals surface area contributed by atoms with Crippen molar-refractivity contribution in [3.63, 3.8) is 0 Å². The summed E-state index contributed by atoms with van der Waals surface area (Å²) in [7, 11) is -3.43. The molecule has 0 aromatic heterocycles. The molecule has 7 heteroatoms. The van der Waals surface area contributed by atoms with E-state index >= 15 is 0 Å². The van der Waals surface area contributed by atoms with E-state index < -0.39 is 10.0 Å². The number of rotatable bonds is 4. The number of primary sulfonamides is 1. The summed E-state index contributed by atoms with van der Waals surface area (Å²) in [5, 5.41) is 7.87. The highest BCUT2D eigenvalue weighted by Crippen LogP contribution is 2.27. The Kier molecular flexibility index (Phi) is 4.17. The van der Waals surface area contributed by atoms with Crippen molar-refractivity contribution in [1.82, 2.24) is 0 Å². The van der Waals surface area contributed by atoms with E-state index in [1.165, 1.54) is 0 Å².